The summed E-state index contributed by atoms with van der Waals surface area (Å²) >= 11 is 0. The first kappa shape index (κ1) is 26.0. The maximum Gasteiger partial charge on any atom is 0.302 e. The van der Waals surface area contributed by atoms with Crippen molar-refractivity contribution in [3.8, 4) is 5.75 Å². The summed E-state index contributed by atoms with van der Waals surface area (Å²) in [6, 6.07) is 21.9. The van der Waals surface area contributed by atoms with Crippen LogP contribution in [0.2, 0.25) is 0 Å². The van der Waals surface area contributed by atoms with Gasteiger partial charge in [0.05, 0.1) is 7.11 Å². The van der Waals surface area contributed by atoms with Gasteiger partial charge in [-0.2, -0.15) is 0 Å². The molecule has 0 bridgehead atoms. The number of nitrogens with zero attached hydrogens (tertiary/aromatic N) is 1. The summed E-state index contributed by atoms with van der Waals surface area (Å²) in [5.74, 6) is 0.485. The van der Waals surface area contributed by atoms with Crippen molar-refractivity contribution >= 4 is 22.6 Å². The number of methoxy groups -OCH3 is 1. The number of hydrogen-bond donors (Lipinski definition) is 1. The zero-order valence-corrected chi connectivity index (χ0v) is 22.2. The summed E-state index contributed by atoms with van der Waals surface area (Å²) < 4.78 is 11.6. The molecule has 0 aromatic heterocycles. The third-order valence-electron chi connectivity index (χ3n) is 8.31. The van der Waals surface area contributed by atoms with E-state index in [9.17, 15) is 9.59 Å². The van der Waals surface area contributed by atoms with E-state index in [4.69, 9.17) is 9.47 Å². The molecule has 1 heterocycles. The van der Waals surface area contributed by atoms with Crippen LogP contribution in [0.25, 0.3) is 10.8 Å². The Labute approximate surface area is 224 Å². The van der Waals surface area contributed by atoms with Crippen LogP contribution in [-0.4, -0.2) is 55.7 Å². The van der Waals surface area contributed by atoms with Crippen molar-refractivity contribution < 1.29 is 19.1 Å². The highest BCUT2D eigenvalue weighted by Crippen LogP contribution is 2.50. The maximum absolute atomic E-state index is 13.5. The van der Waals surface area contributed by atoms with Gasteiger partial charge < -0.3 is 14.8 Å². The van der Waals surface area contributed by atoms with Crippen molar-refractivity contribution in [1.82, 2.24) is 10.2 Å². The predicted octanol–water partition coefficient (Wildman–Crippen LogP) is 5.12. The third kappa shape index (κ3) is 5.18. The van der Waals surface area contributed by atoms with Gasteiger partial charge in [-0.25, -0.2) is 0 Å². The Balaban J connectivity index is 1.49. The Morgan fingerprint density at radius 1 is 1.11 bits per heavy atom. The summed E-state index contributed by atoms with van der Waals surface area (Å²) in [6.07, 6.45) is 3.84. The van der Waals surface area contributed by atoms with E-state index in [1.54, 1.807) is 7.11 Å². The van der Waals surface area contributed by atoms with E-state index in [0.717, 1.165) is 49.0 Å². The fraction of sp³-hybridized carbons (Fsp3) is 0.375. The fourth-order valence-electron chi connectivity index (χ4n) is 6.59. The molecule has 2 fully saturated rings. The van der Waals surface area contributed by atoms with Crippen LogP contribution in [0.4, 0.5) is 0 Å². The van der Waals surface area contributed by atoms with Crippen LogP contribution in [0.15, 0.2) is 79.4 Å². The summed E-state index contributed by atoms with van der Waals surface area (Å²) in [6.45, 7) is 7.88. The first-order chi connectivity index (χ1) is 18.4. The van der Waals surface area contributed by atoms with Crippen LogP contribution in [-0.2, 0) is 14.9 Å². The quantitative estimate of drug-likeness (QED) is 0.352. The predicted molar refractivity (Wildman–Crippen MR) is 149 cm³/mol. The zero-order valence-electron chi connectivity index (χ0n) is 22.2. The lowest BCUT2D eigenvalue weighted by atomic mass is 9.57. The number of rotatable bonds is 7. The standard InChI is InChI=1S/C32H36N2O4/c1-4-15-34-16-14-32(26-10-7-11-28(18-26)37-3)20-27(19-30(29(32)21-34)38-22(2)35)33-31(36)25-13-12-23-8-5-6-9-24(23)17-25/h4-13,17-18,27,29-30H,1,14-16,19-21H2,2-3H3,(H,33,36)/t27-,29-,30?,32-/m0/s1. The number of fused-ring (bicyclic) bond motifs is 2. The van der Waals surface area contributed by atoms with E-state index in [2.05, 4.69) is 28.9 Å². The average Bonchev–Trinajstić information content (AvgIpc) is 2.93. The smallest absolute Gasteiger partial charge is 0.302 e. The monoisotopic (exact) mass is 512 g/mol. The van der Waals surface area contributed by atoms with Crippen LogP contribution in [0.3, 0.4) is 0 Å². The summed E-state index contributed by atoms with van der Waals surface area (Å²) in [5, 5.41) is 5.44. The molecule has 1 saturated heterocycles. The Hall–Kier alpha value is -3.64. The molecule has 5 rings (SSSR count). The molecule has 1 amide bonds. The SMILES string of the molecule is C=CCN1CC[C@@]2(c3cccc(OC)c3)C[C@@H](NC(=O)c3ccc4ccccc4c3)CC(OC(C)=O)[C@@H]2C1. The zero-order chi connectivity index (χ0) is 26.7. The van der Waals surface area contributed by atoms with Crippen LogP contribution in [0.1, 0.15) is 42.1 Å². The number of carbonyl (C=O) groups excluding carboxylic acids is 2. The van der Waals surface area contributed by atoms with Crippen LogP contribution < -0.4 is 10.1 Å². The second-order valence-electron chi connectivity index (χ2n) is 10.6. The Morgan fingerprint density at radius 2 is 1.92 bits per heavy atom. The van der Waals surface area contributed by atoms with E-state index in [0.29, 0.717) is 12.0 Å². The van der Waals surface area contributed by atoms with Gasteiger partial charge in [0.2, 0.25) is 0 Å². The highest BCUT2D eigenvalue weighted by atomic mass is 16.5. The highest BCUT2D eigenvalue weighted by molar-refractivity contribution is 5.98. The number of hydrogen-bond acceptors (Lipinski definition) is 5. The fourth-order valence-corrected chi connectivity index (χ4v) is 6.59. The van der Waals surface area contributed by atoms with Gasteiger partial charge in [0.1, 0.15) is 11.9 Å². The minimum absolute atomic E-state index is 0.0843. The van der Waals surface area contributed by atoms with Crippen molar-refractivity contribution in [1.29, 1.82) is 0 Å². The molecular formula is C32H36N2O4. The summed E-state index contributed by atoms with van der Waals surface area (Å²) in [7, 11) is 1.68. The molecular weight excluding hydrogens is 476 g/mol. The maximum atomic E-state index is 13.5. The minimum atomic E-state index is -0.318. The minimum Gasteiger partial charge on any atom is -0.497 e. The molecule has 0 spiro atoms. The molecule has 6 nitrogen and oxygen atoms in total. The van der Waals surface area contributed by atoms with Gasteiger partial charge in [-0.1, -0.05) is 48.5 Å². The van der Waals surface area contributed by atoms with Crippen molar-refractivity contribution in [2.45, 2.75) is 43.7 Å². The molecule has 3 aromatic rings. The average molecular weight is 513 g/mol. The van der Waals surface area contributed by atoms with Gasteiger partial charge >= 0.3 is 5.97 Å². The van der Waals surface area contributed by atoms with Crippen molar-refractivity contribution in [3.63, 3.8) is 0 Å². The van der Waals surface area contributed by atoms with Gasteiger partial charge in [0, 0.05) is 49.4 Å². The normalized spacial score (nSPS) is 25.3. The molecule has 1 saturated carbocycles. The van der Waals surface area contributed by atoms with Crippen molar-refractivity contribution in [2.75, 3.05) is 26.7 Å². The first-order valence-electron chi connectivity index (χ1n) is 13.4. The van der Waals surface area contributed by atoms with Gasteiger partial charge in [-0.3, -0.25) is 14.5 Å². The van der Waals surface area contributed by atoms with E-state index >= 15 is 0 Å². The Morgan fingerprint density at radius 3 is 2.68 bits per heavy atom. The number of amides is 1. The molecule has 0 radical (unpaired) electrons. The number of likely N-dealkylation sites (tertiary alicyclic amines) is 1. The molecule has 3 aromatic carbocycles. The van der Waals surface area contributed by atoms with E-state index in [1.807, 2.05) is 60.7 Å². The molecule has 1 aliphatic heterocycles. The lowest BCUT2D eigenvalue weighted by Gasteiger charge is -2.55. The topological polar surface area (TPSA) is 67.9 Å². The molecule has 4 atom stereocenters. The van der Waals surface area contributed by atoms with Crippen molar-refractivity contribution in [3.05, 3.63) is 90.5 Å². The molecule has 2 aliphatic rings. The third-order valence-corrected chi connectivity index (χ3v) is 8.31. The number of carbonyl (C=O) groups is 2. The van der Waals surface area contributed by atoms with E-state index in [-0.39, 0.29) is 35.4 Å². The highest BCUT2D eigenvalue weighted by Gasteiger charge is 2.53. The molecule has 1 aliphatic carbocycles. The Kier molecular flexibility index (Phi) is 7.52. The largest absolute Gasteiger partial charge is 0.497 e. The molecule has 1 unspecified atom stereocenters. The number of ether oxygens (including phenoxy) is 2. The van der Waals surface area contributed by atoms with E-state index < -0.39 is 0 Å². The number of benzene rings is 3. The van der Waals surface area contributed by atoms with Crippen LogP contribution in [0.5, 0.6) is 5.75 Å². The van der Waals surface area contributed by atoms with Crippen molar-refractivity contribution in [2.24, 2.45) is 5.92 Å². The lowest BCUT2D eigenvalue weighted by molar-refractivity contribution is -0.157. The summed E-state index contributed by atoms with van der Waals surface area (Å²) in [4.78, 5) is 28.1. The first-order valence-corrected chi connectivity index (χ1v) is 13.4. The number of piperidine rings is 1. The second kappa shape index (κ2) is 11.0. The van der Waals surface area contributed by atoms with Gasteiger partial charge in [0.15, 0.2) is 0 Å². The van der Waals surface area contributed by atoms with Gasteiger partial charge in [-0.15, -0.1) is 6.58 Å². The molecule has 1 N–H and O–H groups in total. The van der Waals surface area contributed by atoms with Crippen LogP contribution in [0, 0.1) is 5.92 Å². The Bertz CT molecular complexity index is 1340. The van der Waals surface area contributed by atoms with E-state index in [1.165, 1.54) is 12.5 Å². The van der Waals surface area contributed by atoms with Gasteiger partial charge in [0.25, 0.3) is 5.91 Å². The lowest BCUT2D eigenvalue weighted by Crippen LogP contribution is -2.61. The molecule has 198 valence electrons. The number of nitrogens with one attached hydrogen (secondary N) is 1. The summed E-state index contributed by atoms with van der Waals surface area (Å²) in [5.41, 5.74) is 1.53. The van der Waals surface area contributed by atoms with Crippen LogP contribution >= 0.6 is 0 Å². The number of esters is 1. The second-order valence-corrected chi connectivity index (χ2v) is 10.6. The molecule has 6 heteroatoms. The molecule has 38 heavy (non-hydrogen) atoms. The van der Waals surface area contributed by atoms with Gasteiger partial charge in [-0.05, 0) is 60.0 Å².